The molecular weight excluding hydrogens is 474 g/mol. The van der Waals surface area contributed by atoms with Crippen molar-refractivity contribution in [2.75, 3.05) is 62.0 Å². The summed E-state index contributed by atoms with van der Waals surface area (Å²) in [6.45, 7) is 13.3. The second kappa shape index (κ2) is 10.5. The van der Waals surface area contributed by atoms with Crippen LogP contribution in [0.1, 0.15) is 43.5 Å². The fourth-order valence-electron chi connectivity index (χ4n) is 4.97. The molecule has 0 amide bonds. The van der Waals surface area contributed by atoms with Gasteiger partial charge in [0.05, 0.1) is 24.9 Å². The molecule has 200 valence electrons. The molecule has 0 bridgehead atoms. The Morgan fingerprint density at radius 1 is 0.974 bits per heavy atom. The van der Waals surface area contributed by atoms with Crippen LogP contribution < -0.4 is 19.9 Å². The number of hydrazone groups is 1. The third-order valence-electron chi connectivity index (χ3n) is 7.44. The maximum atomic E-state index is 5.31. The van der Waals surface area contributed by atoms with Crippen molar-refractivity contribution in [1.29, 1.82) is 0 Å². The Bertz CT molecular complexity index is 1290. The molecular formula is C30H39N7O. The summed E-state index contributed by atoms with van der Waals surface area (Å²) >= 11 is 0. The molecule has 1 saturated heterocycles. The van der Waals surface area contributed by atoms with Crippen LogP contribution in [0.2, 0.25) is 0 Å². The Balaban J connectivity index is 1.39. The van der Waals surface area contributed by atoms with Gasteiger partial charge in [0.1, 0.15) is 11.6 Å². The first-order valence-corrected chi connectivity index (χ1v) is 13.4. The minimum atomic E-state index is 0.0604. The lowest BCUT2D eigenvalue weighted by Crippen LogP contribution is -2.47. The molecule has 8 heteroatoms. The van der Waals surface area contributed by atoms with Gasteiger partial charge in [-0.25, -0.2) is 4.98 Å². The number of aryl methyl sites for hydroxylation is 1. The van der Waals surface area contributed by atoms with Crippen LogP contribution >= 0.6 is 0 Å². The van der Waals surface area contributed by atoms with Gasteiger partial charge in [-0.3, -0.25) is 9.99 Å². The molecule has 1 aromatic heterocycles. The molecule has 5 rings (SSSR count). The summed E-state index contributed by atoms with van der Waals surface area (Å²) in [6.07, 6.45) is 3.90. The van der Waals surface area contributed by atoms with Crippen molar-refractivity contribution >= 4 is 29.2 Å². The highest BCUT2D eigenvalue weighted by atomic mass is 16.5. The van der Waals surface area contributed by atoms with E-state index < -0.39 is 0 Å². The lowest BCUT2D eigenvalue weighted by Gasteiger charge is -2.36. The van der Waals surface area contributed by atoms with E-state index in [0.29, 0.717) is 0 Å². The molecule has 1 N–H and O–H groups in total. The van der Waals surface area contributed by atoms with E-state index in [1.165, 1.54) is 16.8 Å². The van der Waals surface area contributed by atoms with E-state index in [1.54, 1.807) is 7.11 Å². The van der Waals surface area contributed by atoms with Gasteiger partial charge in [0, 0.05) is 57.4 Å². The van der Waals surface area contributed by atoms with Gasteiger partial charge in [-0.2, -0.15) is 5.10 Å². The zero-order chi connectivity index (χ0) is 26.9. The average Bonchev–Trinajstić information content (AvgIpc) is 3.35. The number of rotatable bonds is 6. The molecule has 38 heavy (non-hydrogen) atoms. The molecule has 0 spiro atoms. The molecule has 2 aliphatic heterocycles. The molecule has 0 saturated carbocycles. The Morgan fingerprint density at radius 2 is 1.68 bits per heavy atom. The third-order valence-corrected chi connectivity index (χ3v) is 7.44. The minimum Gasteiger partial charge on any atom is -0.497 e. The average molecular weight is 514 g/mol. The normalized spacial score (nSPS) is 17.7. The van der Waals surface area contributed by atoms with Gasteiger partial charge in [-0.15, -0.1) is 0 Å². The molecule has 0 aliphatic carbocycles. The molecule has 1 fully saturated rings. The van der Waals surface area contributed by atoms with Crippen molar-refractivity contribution < 1.29 is 4.74 Å². The zero-order valence-corrected chi connectivity index (χ0v) is 23.4. The summed E-state index contributed by atoms with van der Waals surface area (Å²) in [5.41, 5.74) is 5.74. The first kappa shape index (κ1) is 25.8. The summed E-state index contributed by atoms with van der Waals surface area (Å²) in [7, 11) is 3.69. The standard InChI is InChI=1S/C30H39N7O/c1-21-7-8-23(30(2,3)4)17-26(21)33-29-28(22-18-32-35(5)20-22)31-19-27(34-29)37-15-13-36(14-16-37)24-9-11-25(38-6)12-10-24/h7-12,17-19,22H,13-16,20H2,1-6H3,(H,33,34). The van der Waals surface area contributed by atoms with Crippen LogP contribution in [-0.2, 0) is 5.41 Å². The number of ether oxygens (including phenoxy) is 1. The Morgan fingerprint density at radius 3 is 2.32 bits per heavy atom. The second-order valence-electron chi connectivity index (χ2n) is 11.3. The lowest BCUT2D eigenvalue weighted by molar-refractivity contribution is 0.380. The maximum absolute atomic E-state index is 5.31. The summed E-state index contributed by atoms with van der Waals surface area (Å²) in [5.74, 6) is 2.69. The lowest BCUT2D eigenvalue weighted by atomic mass is 9.86. The maximum Gasteiger partial charge on any atom is 0.155 e. The van der Waals surface area contributed by atoms with E-state index in [1.807, 2.05) is 36.6 Å². The van der Waals surface area contributed by atoms with Crippen molar-refractivity contribution in [3.8, 4) is 5.75 Å². The van der Waals surface area contributed by atoms with Crippen molar-refractivity contribution in [3.05, 3.63) is 65.5 Å². The topological polar surface area (TPSA) is 69.1 Å². The molecule has 2 aliphatic rings. The molecule has 2 aromatic carbocycles. The van der Waals surface area contributed by atoms with Crippen LogP contribution in [-0.4, -0.2) is 68.1 Å². The number of likely N-dealkylation sites (N-methyl/N-ethyl adjacent to an activating group) is 1. The smallest absolute Gasteiger partial charge is 0.155 e. The zero-order valence-electron chi connectivity index (χ0n) is 23.4. The van der Waals surface area contributed by atoms with Gasteiger partial charge in [0.25, 0.3) is 0 Å². The number of benzene rings is 2. The first-order chi connectivity index (χ1) is 18.2. The predicted octanol–water partition coefficient (Wildman–Crippen LogP) is 5.18. The summed E-state index contributed by atoms with van der Waals surface area (Å²) in [5, 5.41) is 10.1. The Hall–Kier alpha value is -3.81. The predicted molar refractivity (Wildman–Crippen MR) is 156 cm³/mol. The number of anilines is 4. The van der Waals surface area contributed by atoms with E-state index in [0.717, 1.165) is 61.5 Å². The van der Waals surface area contributed by atoms with Gasteiger partial charge in [-0.1, -0.05) is 32.9 Å². The first-order valence-electron chi connectivity index (χ1n) is 13.4. The van der Waals surface area contributed by atoms with Crippen LogP contribution in [0.25, 0.3) is 0 Å². The highest BCUT2D eigenvalue weighted by Crippen LogP contribution is 2.32. The van der Waals surface area contributed by atoms with Crippen LogP contribution in [0.15, 0.2) is 53.8 Å². The number of nitrogens with zero attached hydrogens (tertiary/aromatic N) is 6. The third kappa shape index (κ3) is 5.54. The van der Waals surface area contributed by atoms with Crippen LogP contribution in [0, 0.1) is 6.92 Å². The Labute approximate surface area is 226 Å². The molecule has 1 unspecified atom stereocenters. The Kier molecular flexibility index (Phi) is 7.15. The van der Waals surface area contributed by atoms with Crippen molar-refractivity contribution in [2.24, 2.45) is 5.10 Å². The fraction of sp³-hybridized carbons (Fsp3) is 0.433. The second-order valence-corrected chi connectivity index (χ2v) is 11.3. The highest BCUT2D eigenvalue weighted by molar-refractivity contribution is 5.74. The van der Waals surface area contributed by atoms with Crippen LogP contribution in [0.3, 0.4) is 0 Å². The number of hydrogen-bond donors (Lipinski definition) is 1. The number of methoxy groups -OCH3 is 1. The summed E-state index contributed by atoms with van der Waals surface area (Å²) < 4.78 is 5.31. The summed E-state index contributed by atoms with van der Waals surface area (Å²) in [6, 6.07) is 14.9. The highest BCUT2D eigenvalue weighted by Gasteiger charge is 2.26. The van der Waals surface area contributed by atoms with Gasteiger partial charge in [0.15, 0.2) is 5.82 Å². The quantitative estimate of drug-likeness (QED) is 0.487. The number of hydrogen-bond acceptors (Lipinski definition) is 8. The number of nitrogens with one attached hydrogen (secondary N) is 1. The van der Waals surface area contributed by atoms with Gasteiger partial charge in [-0.05, 0) is 53.8 Å². The van der Waals surface area contributed by atoms with E-state index in [2.05, 4.69) is 78.2 Å². The van der Waals surface area contributed by atoms with E-state index in [-0.39, 0.29) is 11.3 Å². The van der Waals surface area contributed by atoms with Crippen molar-refractivity contribution in [2.45, 2.75) is 39.0 Å². The SMILES string of the molecule is COc1ccc(N2CCN(c3cnc(C4C=NN(C)C4)c(Nc4cc(C(C)(C)C)ccc4C)n3)CC2)cc1. The number of aromatic nitrogens is 2. The van der Waals surface area contributed by atoms with Gasteiger partial charge < -0.3 is 19.9 Å². The van der Waals surface area contributed by atoms with E-state index in [4.69, 9.17) is 14.7 Å². The van der Waals surface area contributed by atoms with Crippen LogP contribution in [0.4, 0.5) is 23.0 Å². The fourth-order valence-corrected chi connectivity index (χ4v) is 4.97. The van der Waals surface area contributed by atoms with Crippen molar-refractivity contribution in [1.82, 2.24) is 15.0 Å². The monoisotopic (exact) mass is 513 g/mol. The van der Waals surface area contributed by atoms with Crippen LogP contribution in [0.5, 0.6) is 5.75 Å². The largest absolute Gasteiger partial charge is 0.497 e. The molecule has 0 radical (unpaired) electrons. The number of piperazine rings is 1. The molecule has 3 heterocycles. The molecule has 8 nitrogen and oxygen atoms in total. The van der Waals surface area contributed by atoms with Crippen molar-refractivity contribution in [3.63, 3.8) is 0 Å². The summed E-state index contributed by atoms with van der Waals surface area (Å²) in [4.78, 5) is 14.8. The van der Waals surface area contributed by atoms with E-state index in [9.17, 15) is 0 Å². The minimum absolute atomic E-state index is 0.0604. The molecule has 3 aromatic rings. The molecule has 1 atom stereocenters. The van der Waals surface area contributed by atoms with Gasteiger partial charge >= 0.3 is 0 Å². The van der Waals surface area contributed by atoms with Gasteiger partial charge in [0.2, 0.25) is 0 Å². The van der Waals surface area contributed by atoms with E-state index >= 15 is 0 Å².